The van der Waals surface area contributed by atoms with E-state index in [9.17, 15) is 4.79 Å². The molecular formula is C12H17ClN6O. The summed E-state index contributed by atoms with van der Waals surface area (Å²) < 4.78 is 0. The van der Waals surface area contributed by atoms with Crippen LogP contribution in [0.4, 0.5) is 5.95 Å². The van der Waals surface area contributed by atoms with Crippen molar-refractivity contribution in [2.45, 2.75) is 26.7 Å². The van der Waals surface area contributed by atoms with Gasteiger partial charge in [-0.3, -0.25) is 10.1 Å². The zero-order valence-electron chi connectivity index (χ0n) is 11.4. The van der Waals surface area contributed by atoms with Crippen molar-refractivity contribution in [2.75, 3.05) is 11.9 Å². The molecule has 108 valence electrons. The van der Waals surface area contributed by atoms with Crippen molar-refractivity contribution in [1.29, 1.82) is 0 Å². The predicted octanol–water partition coefficient (Wildman–Crippen LogP) is 1.71. The zero-order chi connectivity index (χ0) is 14.8. The smallest absolute Gasteiger partial charge is 0.234 e. The maximum absolute atomic E-state index is 12.4. The molecule has 1 amide bonds. The summed E-state index contributed by atoms with van der Waals surface area (Å²) in [6.45, 7) is 4.13. The summed E-state index contributed by atoms with van der Waals surface area (Å²) in [6, 6.07) is 0. The van der Waals surface area contributed by atoms with Crippen molar-refractivity contribution < 1.29 is 4.79 Å². The highest BCUT2D eigenvalue weighted by molar-refractivity contribution is 6.33. The molecule has 4 N–H and O–H groups in total. The Morgan fingerprint density at radius 2 is 2.15 bits per heavy atom. The van der Waals surface area contributed by atoms with Gasteiger partial charge in [0.15, 0.2) is 10.8 Å². The molecule has 20 heavy (non-hydrogen) atoms. The van der Waals surface area contributed by atoms with Crippen LogP contribution < -0.4 is 11.1 Å². The molecule has 7 nitrogen and oxygen atoms in total. The molecule has 0 bridgehead atoms. The number of carbonyl (C=O) groups excluding carboxylic acids is 1. The van der Waals surface area contributed by atoms with Crippen molar-refractivity contribution in [3.63, 3.8) is 0 Å². The maximum atomic E-state index is 12.4. The first-order chi connectivity index (χ1) is 9.56. The van der Waals surface area contributed by atoms with E-state index in [0.29, 0.717) is 24.0 Å². The van der Waals surface area contributed by atoms with E-state index < -0.39 is 5.41 Å². The summed E-state index contributed by atoms with van der Waals surface area (Å²) in [5, 5.41) is 2.90. The molecule has 0 spiro atoms. The van der Waals surface area contributed by atoms with Gasteiger partial charge in [0.2, 0.25) is 11.9 Å². The van der Waals surface area contributed by atoms with Crippen LogP contribution in [0, 0.1) is 5.41 Å². The van der Waals surface area contributed by atoms with Gasteiger partial charge in [0.25, 0.3) is 0 Å². The van der Waals surface area contributed by atoms with E-state index in [2.05, 4.69) is 25.3 Å². The lowest BCUT2D eigenvalue weighted by atomic mass is 9.81. The Morgan fingerprint density at radius 1 is 1.45 bits per heavy atom. The fraction of sp³-hybridized carbons (Fsp3) is 0.500. The van der Waals surface area contributed by atoms with Gasteiger partial charge >= 0.3 is 0 Å². The minimum atomic E-state index is -0.615. The largest absolute Gasteiger partial charge is 0.341 e. The second kappa shape index (κ2) is 5.72. The van der Waals surface area contributed by atoms with E-state index in [1.165, 1.54) is 6.33 Å². The average molecular weight is 297 g/mol. The molecule has 2 aromatic heterocycles. The average Bonchev–Trinajstić information content (AvgIpc) is 2.90. The third-order valence-corrected chi connectivity index (χ3v) is 3.97. The quantitative estimate of drug-likeness (QED) is 0.728. The molecule has 2 aromatic rings. The number of H-pyrrole nitrogens is 1. The monoisotopic (exact) mass is 296 g/mol. The third kappa shape index (κ3) is 2.46. The number of aromatic nitrogens is 4. The topological polar surface area (TPSA) is 110 Å². The van der Waals surface area contributed by atoms with Crippen LogP contribution in [0.1, 0.15) is 26.7 Å². The predicted molar refractivity (Wildman–Crippen MR) is 77.4 cm³/mol. The van der Waals surface area contributed by atoms with Crippen LogP contribution in [-0.4, -0.2) is 32.4 Å². The summed E-state index contributed by atoms with van der Waals surface area (Å²) in [5.41, 5.74) is 6.08. The number of nitrogens with zero attached hydrogens (tertiary/aromatic N) is 3. The number of imidazole rings is 1. The number of nitrogens with two attached hydrogens (primary N) is 1. The van der Waals surface area contributed by atoms with Crippen molar-refractivity contribution in [1.82, 2.24) is 19.9 Å². The number of hydrogen-bond acceptors (Lipinski definition) is 5. The standard InChI is InChI=1S/C12H17ClN6O/c1-3-12(4-2,5-14)10(20)19-11-17-8(13)7-9(18-11)16-6-15-7/h6H,3-5,14H2,1-2H3,(H2,15,16,17,18,19,20). The first kappa shape index (κ1) is 14.7. The van der Waals surface area contributed by atoms with Crippen LogP contribution in [0.15, 0.2) is 6.33 Å². The van der Waals surface area contributed by atoms with Crippen molar-refractivity contribution in [3.05, 3.63) is 11.5 Å². The number of aromatic amines is 1. The molecule has 0 aliphatic carbocycles. The molecule has 8 heteroatoms. The number of nitrogens with one attached hydrogen (secondary N) is 2. The van der Waals surface area contributed by atoms with Gasteiger partial charge in [-0.1, -0.05) is 25.4 Å². The van der Waals surface area contributed by atoms with Gasteiger partial charge in [-0.05, 0) is 12.8 Å². The fourth-order valence-corrected chi connectivity index (χ4v) is 2.26. The summed E-state index contributed by atoms with van der Waals surface area (Å²) in [7, 11) is 0. The molecule has 0 aliphatic heterocycles. The Labute approximate surface area is 121 Å². The van der Waals surface area contributed by atoms with Gasteiger partial charge in [-0.2, -0.15) is 9.97 Å². The van der Waals surface area contributed by atoms with Crippen molar-refractivity contribution in [2.24, 2.45) is 11.1 Å². The Bertz CT molecular complexity index is 613. The minimum absolute atomic E-state index is 0.138. The molecule has 0 saturated carbocycles. The molecule has 0 aromatic carbocycles. The summed E-state index contributed by atoms with van der Waals surface area (Å²) in [4.78, 5) is 27.4. The summed E-state index contributed by atoms with van der Waals surface area (Å²) in [5.74, 6) is -0.0599. The molecular weight excluding hydrogens is 280 g/mol. The van der Waals surface area contributed by atoms with Crippen molar-refractivity contribution >= 4 is 34.6 Å². The maximum Gasteiger partial charge on any atom is 0.234 e. The first-order valence-electron chi connectivity index (χ1n) is 6.44. The SMILES string of the molecule is CCC(CC)(CN)C(=O)Nc1nc(Cl)c2[nH]cnc2n1. The molecule has 0 aliphatic rings. The lowest BCUT2D eigenvalue weighted by molar-refractivity contribution is -0.125. The van der Waals surface area contributed by atoms with E-state index in [4.69, 9.17) is 17.3 Å². The van der Waals surface area contributed by atoms with E-state index in [1.807, 2.05) is 13.8 Å². The number of halogens is 1. The number of carbonyl (C=O) groups is 1. The van der Waals surface area contributed by atoms with Gasteiger partial charge in [-0.15, -0.1) is 0 Å². The molecule has 2 heterocycles. The Morgan fingerprint density at radius 3 is 2.75 bits per heavy atom. The second-order valence-corrected chi connectivity index (χ2v) is 4.94. The van der Waals surface area contributed by atoms with E-state index in [-0.39, 0.29) is 23.6 Å². The highest BCUT2D eigenvalue weighted by Crippen LogP contribution is 2.27. The van der Waals surface area contributed by atoms with E-state index in [0.717, 1.165) is 0 Å². The second-order valence-electron chi connectivity index (χ2n) is 4.58. The van der Waals surface area contributed by atoms with Gasteiger partial charge in [0.1, 0.15) is 5.52 Å². The van der Waals surface area contributed by atoms with Gasteiger partial charge in [0.05, 0.1) is 11.7 Å². The Balaban J connectivity index is 2.29. The normalized spacial score (nSPS) is 11.8. The van der Waals surface area contributed by atoms with Crippen LogP contribution in [0.5, 0.6) is 0 Å². The Kier molecular flexibility index (Phi) is 4.20. The molecule has 0 atom stereocenters. The van der Waals surface area contributed by atoms with E-state index in [1.54, 1.807) is 0 Å². The van der Waals surface area contributed by atoms with Crippen molar-refractivity contribution in [3.8, 4) is 0 Å². The Hall–Kier alpha value is -1.73. The molecule has 0 unspecified atom stereocenters. The molecule has 0 radical (unpaired) electrons. The highest BCUT2D eigenvalue weighted by Gasteiger charge is 2.34. The van der Waals surface area contributed by atoms with Crippen LogP contribution in [0.25, 0.3) is 11.2 Å². The number of rotatable bonds is 5. The number of fused-ring (bicyclic) bond motifs is 1. The fourth-order valence-electron chi connectivity index (χ4n) is 2.04. The molecule has 0 fully saturated rings. The molecule has 0 saturated heterocycles. The van der Waals surface area contributed by atoms with Crippen LogP contribution in [0.2, 0.25) is 5.15 Å². The number of hydrogen-bond donors (Lipinski definition) is 3. The summed E-state index contributed by atoms with van der Waals surface area (Å²) >= 11 is 6.00. The van der Waals surface area contributed by atoms with Crippen LogP contribution in [-0.2, 0) is 4.79 Å². The van der Waals surface area contributed by atoms with Gasteiger partial charge in [0, 0.05) is 6.54 Å². The zero-order valence-corrected chi connectivity index (χ0v) is 12.2. The first-order valence-corrected chi connectivity index (χ1v) is 6.82. The van der Waals surface area contributed by atoms with Gasteiger partial charge in [-0.25, -0.2) is 4.98 Å². The minimum Gasteiger partial charge on any atom is -0.341 e. The lowest BCUT2D eigenvalue weighted by Gasteiger charge is -2.27. The summed E-state index contributed by atoms with van der Waals surface area (Å²) in [6.07, 6.45) is 2.76. The third-order valence-electron chi connectivity index (χ3n) is 3.69. The van der Waals surface area contributed by atoms with Gasteiger partial charge < -0.3 is 10.7 Å². The van der Waals surface area contributed by atoms with E-state index >= 15 is 0 Å². The number of amides is 1. The number of anilines is 1. The lowest BCUT2D eigenvalue weighted by Crippen LogP contribution is -2.41. The molecule has 2 rings (SSSR count). The highest BCUT2D eigenvalue weighted by atomic mass is 35.5. The van der Waals surface area contributed by atoms with Crippen LogP contribution in [0.3, 0.4) is 0 Å². The van der Waals surface area contributed by atoms with Crippen LogP contribution >= 0.6 is 11.6 Å².